The number of hydrogen-bond acceptors (Lipinski definition) is 2. The van der Waals surface area contributed by atoms with Gasteiger partial charge in [0.15, 0.2) is 0 Å². The van der Waals surface area contributed by atoms with Gasteiger partial charge >= 0.3 is 0 Å². The van der Waals surface area contributed by atoms with E-state index in [1.165, 1.54) is 40.9 Å². The van der Waals surface area contributed by atoms with Crippen LogP contribution in [0.5, 0.6) is 0 Å². The molecule has 0 fully saturated rings. The molecule has 0 radical (unpaired) electrons. The molecule has 0 atom stereocenters. The van der Waals surface area contributed by atoms with Gasteiger partial charge in [0, 0.05) is 30.8 Å². The van der Waals surface area contributed by atoms with Crippen LogP contribution in [0.1, 0.15) is 50.8 Å². The molecular weight excluding hydrogens is 414 g/mol. The quantitative estimate of drug-likeness (QED) is 0.219. The topological polar surface area (TPSA) is 21.1 Å². The van der Waals surface area contributed by atoms with E-state index in [0.29, 0.717) is 0 Å². The number of hydrogen-bond donors (Lipinski definition) is 0. The van der Waals surface area contributed by atoms with Crippen LogP contribution in [0.2, 0.25) is 0 Å². The van der Waals surface area contributed by atoms with E-state index in [4.69, 9.17) is 4.98 Å². The fourth-order valence-electron chi connectivity index (χ4n) is 4.52. The lowest BCUT2D eigenvalue weighted by Crippen LogP contribution is -2.24. The lowest BCUT2D eigenvalue weighted by molar-refractivity contribution is 0.250. The molecule has 0 bridgehead atoms. The van der Waals surface area contributed by atoms with Crippen molar-refractivity contribution in [2.45, 2.75) is 59.2 Å². The largest absolute Gasteiger partial charge is 0.324 e. The van der Waals surface area contributed by atoms with Gasteiger partial charge in [0.1, 0.15) is 5.82 Å². The molecule has 4 rings (SSSR count). The minimum Gasteiger partial charge on any atom is -0.324 e. The van der Waals surface area contributed by atoms with Crippen molar-refractivity contribution in [1.29, 1.82) is 0 Å². The van der Waals surface area contributed by atoms with Crippen molar-refractivity contribution in [2.75, 3.05) is 6.54 Å². The van der Waals surface area contributed by atoms with Crippen LogP contribution < -0.4 is 0 Å². The summed E-state index contributed by atoms with van der Waals surface area (Å²) in [5.74, 6) is 1.08. The van der Waals surface area contributed by atoms with Crippen molar-refractivity contribution in [3.63, 3.8) is 0 Å². The van der Waals surface area contributed by atoms with Crippen LogP contribution in [0.4, 0.5) is 0 Å². The lowest BCUT2D eigenvalue weighted by Gasteiger charge is -2.22. The van der Waals surface area contributed by atoms with Crippen molar-refractivity contribution in [2.24, 2.45) is 0 Å². The molecule has 0 aliphatic carbocycles. The highest BCUT2D eigenvalue weighted by Crippen LogP contribution is 2.32. The zero-order chi connectivity index (χ0) is 23.6. The minimum absolute atomic E-state index is 0.845. The minimum atomic E-state index is 0.845. The van der Waals surface area contributed by atoms with Gasteiger partial charge in [-0.15, -0.1) is 0 Å². The van der Waals surface area contributed by atoms with Gasteiger partial charge in [0.25, 0.3) is 0 Å². The average molecular weight is 452 g/mol. The fraction of sp³-hybridized carbons (Fsp3) is 0.323. The molecule has 0 saturated carbocycles. The summed E-state index contributed by atoms with van der Waals surface area (Å²) in [5, 5.41) is 0. The zero-order valence-corrected chi connectivity index (χ0v) is 20.7. The molecule has 1 heterocycles. The second kappa shape index (κ2) is 12.3. The number of nitrogens with zero attached hydrogens (tertiary/aromatic N) is 3. The summed E-state index contributed by atoms with van der Waals surface area (Å²) < 4.78 is 2.46. The smallest absolute Gasteiger partial charge is 0.140 e. The van der Waals surface area contributed by atoms with E-state index in [9.17, 15) is 0 Å². The Hall–Kier alpha value is -3.17. The third-order valence-electron chi connectivity index (χ3n) is 6.30. The molecule has 0 aliphatic rings. The van der Waals surface area contributed by atoms with Crippen LogP contribution in [-0.4, -0.2) is 21.0 Å². The molecule has 1 aromatic heterocycles. The first kappa shape index (κ1) is 24.0. The zero-order valence-electron chi connectivity index (χ0n) is 20.7. The normalized spacial score (nSPS) is 11.3. The third kappa shape index (κ3) is 6.03. The Balaban J connectivity index is 1.78. The van der Waals surface area contributed by atoms with E-state index >= 15 is 0 Å². The predicted molar refractivity (Wildman–Crippen MR) is 143 cm³/mol. The third-order valence-corrected chi connectivity index (χ3v) is 6.30. The molecule has 0 N–H and O–H groups in total. The predicted octanol–water partition coefficient (Wildman–Crippen LogP) is 7.82. The lowest BCUT2D eigenvalue weighted by atomic mass is 10.1. The Bertz CT molecular complexity index is 1120. The highest BCUT2D eigenvalue weighted by Gasteiger charge is 2.21. The molecule has 0 spiro atoms. The van der Waals surface area contributed by atoms with Gasteiger partial charge in [-0.1, -0.05) is 118 Å². The van der Waals surface area contributed by atoms with Crippen LogP contribution >= 0.6 is 0 Å². The number of aromatic nitrogens is 2. The van der Waals surface area contributed by atoms with Gasteiger partial charge in [-0.05, 0) is 24.9 Å². The van der Waals surface area contributed by atoms with E-state index in [-0.39, 0.29) is 0 Å². The van der Waals surface area contributed by atoms with Crippen molar-refractivity contribution in [1.82, 2.24) is 14.5 Å². The van der Waals surface area contributed by atoms with E-state index in [0.717, 1.165) is 44.8 Å². The monoisotopic (exact) mass is 451 g/mol. The molecule has 4 aromatic rings. The summed E-state index contributed by atoms with van der Waals surface area (Å²) >= 11 is 0. The van der Waals surface area contributed by atoms with Crippen molar-refractivity contribution < 1.29 is 0 Å². The van der Waals surface area contributed by atoms with Crippen LogP contribution in [0.25, 0.3) is 22.6 Å². The van der Waals surface area contributed by atoms with Crippen LogP contribution in [0, 0.1) is 0 Å². The Morgan fingerprint density at radius 1 is 0.676 bits per heavy atom. The van der Waals surface area contributed by atoms with E-state index < -0.39 is 0 Å². The molecule has 34 heavy (non-hydrogen) atoms. The molecule has 0 saturated heterocycles. The number of unbranched alkanes of at least 4 members (excludes halogenated alkanes) is 2. The summed E-state index contributed by atoms with van der Waals surface area (Å²) in [6.07, 6.45) is 4.68. The first-order valence-electron chi connectivity index (χ1n) is 12.8. The second-order valence-corrected chi connectivity index (χ2v) is 9.02. The van der Waals surface area contributed by atoms with Gasteiger partial charge < -0.3 is 4.57 Å². The van der Waals surface area contributed by atoms with E-state index in [1.54, 1.807) is 0 Å². The van der Waals surface area contributed by atoms with Gasteiger partial charge in [0.05, 0.1) is 11.4 Å². The Morgan fingerprint density at radius 2 is 1.26 bits per heavy atom. The maximum atomic E-state index is 5.32. The number of imidazole rings is 1. The van der Waals surface area contributed by atoms with E-state index in [1.807, 2.05) is 0 Å². The number of benzene rings is 3. The average Bonchev–Trinajstić information content (AvgIpc) is 3.25. The summed E-state index contributed by atoms with van der Waals surface area (Å²) in [4.78, 5) is 7.88. The standard InChI is InChI=1S/C31H37N3/c1-3-5-22-33(24-26-16-10-7-11-17-26)25-29-30(27-18-12-8-13-19-27)34(23-6-4-2)31(32-29)28-20-14-9-15-21-28/h7-21H,3-6,22-25H2,1-2H3. The molecule has 176 valence electrons. The second-order valence-electron chi connectivity index (χ2n) is 9.02. The van der Waals surface area contributed by atoms with Gasteiger partial charge in [-0.2, -0.15) is 0 Å². The maximum absolute atomic E-state index is 5.32. The SMILES string of the molecule is CCCCN(Cc1ccccc1)Cc1nc(-c2ccccc2)n(CCCC)c1-c1ccccc1. The highest BCUT2D eigenvalue weighted by molar-refractivity contribution is 5.69. The maximum Gasteiger partial charge on any atom is 0.140 e. The Kier molecular flexibility index (Phi) is 8.70. The Labute approximate surface area is 205 Å². The summed E-state index contributed by atoms with van der Waals surface area (Å²) in [5.41, 5.74) is 6.23. The number of rotatable bonds is 12. The molecule has 0 aliphatic heterocycles. The Morgan fingerprint density at radius 3 is 1.88 bits per heavy atom. The summed E-state index contributed by atoms with van der Waals surface area (Å²) in [6.45, 7) is 8.36. The van der Waals surface area contributed by atoms with Crippen LogP contribution in [-0.2, 0) is 19.6 Å². The molecular formula is C31H37N3. The van der Waals surface area contributed by atoms with E-state index in [2.05, 4.69) is 114 Å². The molecule has 0 unspecified atom stereocenters. The summed E-state index contributed by atoms with van der Waals surface area (Å²) in [7, 11) is 0. The van der Waals surface area contributed by atoms with Crippen molar-refractivity contribution in [3.8, 4) is 22.6 Å². The summed E-state index contributed by atoms with van der Waals surface area (Å²) in [6, 6.07) is 32.3. The first-order valence-corrected chi connectivity index (χ1v) is 12.8. The van der Waals surface area contributed by atoms with Crippen molar-refractivity contribution >= 4 is 0 Å². The van der Waals surface area contributed by atoms with Crippen LogP contribution in [0.3, 0.4) is 0 Å². The molecule has 0 amide bonds. The first-order chi connectivity index (χ1) is 16.8. The van der Waals surface area contributed by atoms with Gasteiger partial charge in [-0.25, -0.2) is 4.98 Å². The fourth-order valence-corrected chi connectivity index (χ4v) is 4.52. The van der Waals surface area contributed by atoms with Crippen LogP contribution in [0.15, 0.2) is 91.0 Å². The highest BCUT2D eigenvalue weighted by atomic mass is 15.2. The van der Waals surface area contributed by atoms with Crippen molar-refractivity contribution in [3.05, 3.63) is 102 Å². The van der Waals surface area contributed by atoms with Gasteiger partial charge in [-0.3, -0.25) is 4.90 Å². The van der Waals surface area contributed by atoms with Gasteiger partial charge in [0.2, 0.25) is 0 Å². The molecule has 3 aromatic carbocycles. The molecule has 3 heteroatoms. The molecule has 3 nitrogen and oxygen atoms in total.